The van der Waals surface area contributed by atoms with Crippen LogP contribution < -0.4 is 10.6 Å². The maximum absolute atomic E-state index is 4.28. The van der Waals surface area contributed by atoms with E-state index in [1.807, 2.05) is 24.3 Å². The van der Waals surface area contributed by atoms with Gasteiger partial charge in [-0.1, -0.05) is 54.6 Å². The molecule has 2 aromatic carbocycles. The van der Waals surface area contributed by atoms with Gasteiger partial charge in [0.1, 0.15) is 18.0 Å². The highest BCUT2D eigenvalue weighted by molar-refractivity contribution is 5.47. The summed E-state index contributed by atoms with van der Waals surface area (Å²) in [6.07, 6.45) is 1.58. The molecular weight excluding hydrogens is 284 g/mol. The molecule has 0 atom stereocenters. The average molecular weight is 304 g/mol. The van der Waals surface area contributed by atoms with Crippen LogP contribution in [-0.2, 0) is 13.1 Å². The van der Waals surface area contributed by atoms with E-state index in [1.165, 1.54) is 16.7 Å². The lowest BCUT2D eigenvalue weighted by molar-refractivity contribution is 1.05. The summed E-state index contributed by atoms with van der Waals surface area (Å²) in [4.78, 5) is 8.54. The number of nitrogens with zero attached hydrogens (tertiary/aromatic N) is 2. The molecule has 4 heteroatoms. The molecule has 0 spiro atoms. The van der Waals surface area contributed by atoms with E-state index in [0.717, 1.165) is 24.7 Å². The van der Waals surface area contributed by atoms with Crippen molar-refractivity contribution in [2.24, 2.45) is 0 Å². The van der Waals surface area contributed by atoms with Gasteiger partial charge >= 0.3 is 0 Å². The normalized spacial score (nSPS) is 10.3. The first-order valence-corrected chi connectivity index (χ1v) is 7.69. The number of hydrogen-bond acceptors (Lipinski definition) is 4. The van der Waals surface area contributed by atoms with E-state index in [0.29, 0.717) is 0 Å². The van der Waals surface area contributed by atoms with Crippen molar-refractivity contribution < 1.29 is 0 Å². The highest BCUT2D eigenvalue weighted by Crippen LogP contribution is 2.13. The number of aryl methyl sites for hydroxylation is 1. The molecule has 4 nitrogen and oxygen atoms in total. The Hall–Kier alpha value is -2.88. The first-order valence-electron chi connectivity index (χ1n) is 7.69. The van der Waals surface area contributed by atoms with E-state index in [1.54, 1.807) is 6.33 Å². The summed E-state index contributed by atoms with van der Waals surface area (Å²) >= 11 is 0. The molecule has 0 fully saturated rings. The second-order valence-electron chi connectivity index (χ2n) is 5.41. The fraction of sp³-hybridized carbons (Fsp3) is 0.158. The van der Waals surface area contributed by atoms with Crippen LogP contribution in [-0.4, -0.2) is 9.97 Å². The van der Waals surface area contributed by atoms with E-state index < -0.39 is 0 Å². The summed E-state index contributed by atoms with van der Waals surface area (Å²) in [5.41, 5.74) is 3.77. The molecule has 0 saturated heterocycles. The van der Waals surface area contributed by atoms with Crippen molar-refractivity contribution in [3.8, 4) is 0 Å². The van der Waals surface area contributed by atoms with Gasteiger partial charge in [0.2, 0.25) is 0 Å². The van der Waals surface area contributed by atoms with Crippen LogP contribution in [0.1, 0.15) is 16.7 Å². The number of benzene rings is 2. The lowest BCUT2D eigenvalue weighted by Crippen LogP contribution is -2.06. The van der Waals surface area contributed by atoms with Gasteiger partial charge < -0.3 is 10.6 Å². The summed E-state index contributed by atoms with van der Waals surface area (Å²) in [7, 11) is 0. The molecule has 3 aromatic rings. The van der Waals surface area contributed by atoms with Crippen molar-refractivity contribution >= 4 is 11.6 Å². The SMILES string of the molecule is Cc1ccccc1CNc1cc(NCc2ccccc2)ncn1. The number of hydrogen-bond donors (Lipinski definition) is 2. The number of nitrogens with one attached hydrogen (secondary N) is 2. The molecule has 0 aliphatic rings. The molecule has 2 N–H and O–H groups in total. The number of anilines is 2. The smallest absolute Gasteiger partial charge is 0.131 e. The third-order valence-corrected chi connectivity index (χ3v) is 3.70. The zero-order chi connectivity index (χ0) is 15.9. The van der Waals surface area contributed by atoms with Crippen molar-refractivity contribution in [1.82, 2.24) is 9.97 Å². The van der Waals surface area contributed by atoms with E-state index in [4.69, 9.17) is 0 Å². The second kappa shape index (κ2) is 7.40. The maximum atomic E-state index is 4.28. The van der Waals surface area contributed by atoms with E-state index in [2.05, 4.69) is 63.9 Å². The Kier molecular flexibility index (Phi) is 4.84. The van der Waals surface area contributed by atoms with Crippen LogP contribution in [0.25, 0.3) is 0 Å². The largest absolute Gasteiger partial charge is 0.366 e. The minimum atomic E-state index is 0.745. The summed E-state index contributed by atoms with van der Waals surface area (Å²) in [6.45, 7) is 3.61. The second-order valence-corrected chi connectivity index (χ2v) is 5.41. The van der Waals surface area contributed by atoms with Gasteiger partial charge in [0.25, 0.3) is 0 Å². The molecule has 23 heavy (non-hydrogen) atoms. The van der Waals surface area contributed by atoms with E-state index in [9.17, 15) is 0 Å². The van der Waals surface area contributed by atoms with Crippen molar-refractivity contribution in [2.75, 3.05) is 10.6 Å². The Morgan fingerprint density at radius 2 is 1.43 bits per heavy atom. The van der Waals surface area contributed by atoms with E-state index in [-0.39, 0.29) is 0 Å². The molecule has 0 bridgehead atoms. The Balaban J connectivity index is 1.60. The van der Waals surface area contributed by atoms with Gasteiger partial charge in [-0.15, -0.1) is 0 Å². The van der Waals surface area contributed by atoms with Crippen molar-refractivity contribution in [3.63, 3.8) is 0 Å². The zero-order valence-corrected chi connectivity index (χ0v) is 13.2. The predicted octanol–water partition coefficient (Wildman–Crippen LogP) is 4.01. The maximum Gasteiger partial charge on any atom is 0.131 e. The molecule has 116 valence electrons. The summed E-state index contributed by atoms with van der Waals surface area (Å²) < 4.78 is 0. The van der Waals surface area contributed by atoms with Gasteiger partial charge in [-0.2, -0.15) is 0 Å². The molecule has 0 aliphatic heterocycles. The lowest BCUT2D eigenvalue weighted by atomic mass is 10.1. The van der Waals surface area contributed by atoms with Crippen LogP contribution in [0.3, 0.4) is 0 Å². The molecule has 0 saturated carbocycles. The minimum Gasteiger partial charge on any atom is -0.366 e. The van der Waals surface area contributed by atoms with E-state index >= 15 is 0 Å². The van der Waals surface area contributed by atoms with Crippen molar-refractivity contribution in [2.45, 2.75) is 20.0 Å². The van der Waals surface area contributed by atoms with Crippen LogP contribution in [0.5, 0.6) is 0 Å². The van der Waals surface area contributed by atoms with Gasteiger partial charge in [0, 0.05) is 19.2 Å². The monoisotopic (exact) mass is 304 g/mol. The Morgan fingerprint density at radius 1 is 0.783 bits per heavy atom. The quantitative estimate of drug-likeness (QED) is 0.722. The van der Waals surface area contributed by atoms with Gasteiger partial charge in [-0.25, -0.2) is 9.97 Å². The first kappa shape index (κ1) is 15.0. The fourth-order valence-electron chi connectivity index (χ4n) is 2.33. The first-order chi connectivity index (χ1) is 11.3. The highest BCUT2D eigenvalue weighted by atomic mass is 15.1. The molecule has 3 rings (SSSR count). The average Bonchev–Trinajstić information content (AvgIpc) is 2.61. The standard InChI is InChI=1S/C19H20N4/c1-15-7-5-6-10-17(15)13-21-19-11-18(22-14-23-19)20-12-16-8-3-2-4-9-16/h2-11,14H,12-13H2,1H3,(H2,20,21,22,23). The topological polar surface area (TPSA) is 49.8 Å². The van der Waals surface area contributed by atoms with Crippen LogP contribution in [0.4, 0.5) is 11.6 Å². The fourth-order valence-corrected chi connectivity index (χ4v) is 2.33. The van der Waals surface area contributed by atoms with Crippen LogP contribution in [0.2, 0.25) is 0 Å². The van der Waals surface area contributed by atoms with Crippen LogP contribution >= 0.6 is 0 Å². The summed E-state index contributed by atoms with van der Waals surface area (Å²) in [5.74, 6) is 1.63. The van der Waals surface area contributed by atoms with Gasteiger partial charge in [0.15, 0.2) is 0 Å². The summed E-state index contributed by atoms with van der Waals surface area (Å²) in [5, 5.41) is 6.67. The molecule has 1 aromatic heterocycles. The third kappa shape index (κ3) is 4.30. The Labute approximate surface area is 136 Å². The molecular formula is C19H20N4. The molecule has 1 heterocycles. The minimum absolute atomic E-state index is 0.745. The summed E-state index contributed by atoms with van der Waals surface area (Å²) in [6, 6.07) is 20.5. The van der Waals surface area contributed by atoms with Gasteiger partial charge in [-0.05, 0) is 23.6 Å². The Morgan fingerprint density at radius 3 is 2.17 bits per heavy atom. The van der Waals surface area contributed by atoms with Crippen molar-refractivity contribution in [3.05, 3.63) is 83.7 Å². The zero-order valence-electron chi connectivity index (χ0n) is 13.2. The molecule has 0 amide bonds. The van der Waals surface area contributed by atoms with Crippen LogP contribution in [0, 0.1) is 6.92 Å². The predicted molar refractivity (Wildman–Crippen MR) is 94.3 cm³/mol. The Bertz CT molecular complexity index is 756. The molecule has 0 aliphatic carbocycles. The highest BCUT2D eigenvalue weighted by Gasteiger charge is 2.01. The van der Waals surface area contributed by atoms with Crippen molar-refractivity contribution in [1.29, 1.82) is 0 Å². The van der Waals surface area contributed by atoms with Gasteiger partial charge in [-0.3, -0.25) is 0 Å². The molecule has 0 unspecified atom stereocenters. The molecule has 0 radical (unpaired) electrons. The van der Waals surface area contributed by atoms with Gasteiger partial charge in [0.05, 0.1) is 0 Å². The number of rotatable bonds is 6. The van der Waals surface area contributed by atoms with Crippen LogP contribution in [0.15, 0.2) is 67.0 Å². The number of aromatic nitrogens is 2. The third-order valence-electron chi connectivity index (χ3n) is 3.70. The lowest BCUT2D eigenvalue weighted by Gasteiger charge is -2.10.